The lowest BCUT2D eigenvalue weighted by Crippen LogP contribution is -2.34. The topological polar surface area (TPSA) is 123 Å². The molecule has 0 saturated carbocycles. The number of benzene rings is 1. The Balaban J connectivity index is 1.70. The van der Waals surface area contributed by atoms with Gasteiger partial charge in [0.2, 0.25) is 0 Å². The molecule has 3 aromatic rings. The van der Waals surface area contributed by atoms with Gasteiger partial charge in [-0.1, -0.05) is 0 Å². The molecule has 3 rings (SSSR count). The highest BCUT2D eigenvalue weighted by Gasteiger charge is 2.19. The molecule has 2 amide bonds. The number of methoxy groups -OCH3 is 1. The first kappa shape index (κ1) is 21.4. The van der Waals surface area contributed by atoms with Crippen LogP contribution >= 0.6 is 0 Å². The molecule has 0 aliphatic rings. The van der Waals surface area contributed by atoms with E-state index in [1.807, 2.05) is 0 Å². The van der Waals surface area contributed by atoms with Crippen LogP contribution in [-0.4, -0.2) is 24.9 Å². The Bertz CT molecular complexity index is 985. The number of anilines is 1. The van der Waals surface area contributed by atoms with Crippen molar-refractivity contribution in [3.05, 3.63) is 89.9 Å². The Hall–Kier alpha value is -4.27. The van der Waals surface area contributed by atoms with Crippen LogP contribution in [0.25, 0.3) is 0 Å². The van der Waals surface area contributed by atoms with Crippen LogP contribution in [0.4, 0.5) is 5.69 Å². The molecule has 0 aliphatic heterocycles. The normalized spacial score (nSPS) is 10.1. The minimum atomic E-state index is -0.591. The lowest BCUT2D eigenvalue weighted by Gasteiger charge is -2.10. The summed E-state index contributed by atoms with van der Waals surface area (Å²) in [5, 5.41) is 8.18. The van der Waals surface area contributed by atoms with E-state index in [-0.39, 0.29) is 18.7 Å². The van der Waals surface area contributed by atoms with E-state index in [2.05, 4.69) is 20.7 Å². The zero-order valence-electron chi connectivity index (χ0n) is 16.7. The summed E-state index contributed by atoms with van der Waals surface area (Å²) in [6, 6.07) is 13.2. The van der Waals surface area contributed by atoms with E-state index < -0.39 is 17.8 Å². The highest BCUT2D eigenvalue weighted by molar-refractivity contribution is 6.18. The fourth-order valence-electron chi connectivity index (χ4n) is 2.56. The number of carbonyl (C=O) groups excluding carboxylic acids is 3. The van der Waals surface area contributed by atoms with E-state index in [0.29, 0.717) is 22.8 Å². The molecule has 0 aliphatic carbocycles. The smallest absolute Gasteiger partial charge is 0.337 e. The molecule has 0 radical (unpaired) electrons. The largest absolute Gasteiger partial charge is 0.467 e. The Morgan fingerprint density at radius 3 is 1.87 bits per heavy atom. The van der Waals surface area contributed by atoms with Gasteiger partial charge in [0.1, 0.15) is 17.1 Å². The second kappa shape index (κ2) is 10.5. The van der Waals surface area contributed by atoms with Crippen molar-refractivity contribution in [2.45, 2.75) is 13.1 Å². The molecule has 1 aromatic carbocycles. The van der Waals surface area contributed by atoms with Gasteiger partial charge in [-0.15, -0.1) is 0 Å². The molecule has 2 aromatic heterocycles. The summed E-state index contributed by atoms with van der Waals surface area (Å²) in [5.41, 5.74) is 0.808. The molecular formula is C22H21N3O6. The number of hydrogen-bond donors (Lipinski definition) is 3. The number of esters is 1. The summed E-state index contributed by atoms with van der Waals surface area (Å²) in [7, 11) is 1.30. The maximum Gasteiger partial charge on any atom is 0.337 e. The molecule has 9 heteroatoms. The van der Waals surface area contributed by atoms with Crippen LogP contribution in [-0.2, 0) is 27.4 Å². The third kappa shape index (κ3) is 6.10. The predicted molar refractivity (Wildman–Crippen MR) is 111 cm³/mol. The van der Waals surface area contributed by atoms with Gasteiger partial charge in [-0.3, -0.25) is 9.59 Å². The van der Waals surface area contributed by atoms with E-state index in [1.165, 1.54) is 25.8 Å². The second-order valence-corrected chi connectivity index (χ2v) is 6.30. The first-order valence-electron chi connectivity index (χ1n) is 9.33. The first-order chi connectivity index (χ1) is 15.1. The molecule has 0 atom stereocenters. The third-order valence-corrected chi connectivity index (χ3v) is 4.18. The highest BCUT2D eigenvalue weighted by Crippen LogP contribution is 2.12. The minimum absolute atomic E-state index is 0.127. The number of nitrogens with one attached hydrogen (secondary N) is 3. The van der Waals surface area contributed by atoms with Crippen LogP contribution in [0.1, 0.15) is 21.9 Å². The van der Waals surface area contributed by atoms with Gasteiger partial charge in [0.25, 0.3) is 11.8 Å². The number of rotatable bonds is 9. The molecule has 0 unspecified atom stereocenters. The number of furan rings is 2. The maximum absolute atomic E-state index is 12.6. The molecule has 2 heterocycles. The SMILES string of the molecule is COC(=O)c1ccc(NC=C(C(=O)NCc2ccco2)C(=O)NCc2ccco2)cc1. The quantitative estimate of drug-likeness (QED) is 0.209. The Morgan fingerprint density at radius 2 is 1.42 bits per heavy atom. The van der Waals surface area contributed by atoms with E-state index in [1.54, 1.807) is 48.5 Å². The van der Waals surface area contributed by atoms with Gasteiger partial charge in [-0.05, 0) is 48.5 Å². The van der Waals surface area contributed by atoms with Gasteiger partial charge in [-0.2, -0.15) is 0 Å². The molecule has 0 spiro atoms. The number of hydrogen-bond acceptors (Lipinski definition) is 7. The van der Waals surface area contributed by atoms with E-state index in [0.717, 1.165) is 0 Å². The van der Waals surface area contributed by atoms with Crippen LogP contribution in [0.15, 0.2) is 81.7 Å². The predicted octanol–water partition coefficient (Wildman–Crippen LogP) is 2.59. The fourth-order valence-corrected chi connectivity index (χ4v) is 2.56. The van der Waals surface area contributed by atoms with Gasteiger partial charge < -0.3 is 29.5 Å². The molecule has 3 N–H and O–H groups in total. The minimum Gasteiger partial charge on any atom is -0.467 e. The first-order valence-corrected chi connectivity index (χ1v) is 9.33. The van der Waals surface area contributed by atoms with Crippen molar-refractivity contribution >= 4 is 23.5 Å². The maximum atomic E-state index is 12.6. The zero-order valence-corrected chi connectivity index (χ0v) is 16.7. The summed E-state index contributed by atoms with van der Waals surface area (Å²) in [6.07, 6.45) is 4.28. The van der Waals surface area contributed by atoms with Crippen molar-refractivity contribution in [3.8, 4) is 0 Å². The molecule has 0 fully saturated rings. The summed E-state index contributed by atoms with van der Waals surface area (Å²) in [6.45, 7) is 0.255. The van der Waals surface area contributed by atoms with Gasteiger partial charge >= 0.3 is 5.97 Å². The number of ether oxygens (including phenoxy) is 1. The molecule has 31 heavy (non-hydrogen) atoms. The van der Waals surface area contributed by atoms with Crippen LogP contribution in [0.5, 0.6) is 0 Å². The van der Waals surface area contributed by atoms with Gasteiger partial charge in [0.15, 0.2) is 0 Å². The van der Waals surface area contributed by atoms with Crippen molar-refractivity contribution in [1.29, 1.82) is 0 Å². The van der Waals surface area contributed by atoms with E-state index in [4.69, 9.17) is 8.83 Å². The van der Waals surface area contributed by atoms with Crippen molar-refractivity contribution < 1.29 is 28.0 Å². The van der Waals surface area contributed by atoms with Crippen LogP contribution in [0.2, 0.25) is 0 Å². The lowest BCUT2D eigenvalue weighted by atomic mass is 10.2. The lowest BCUT2D eigenvalue weighted by molar-refractivity contribution is -0.123. The highest BCUT2D eigenvalue weighted by atomic mass is 16.5. The molecule has 0 saturated heterocycles. The molecule has 160 valence electrons. The Morgan fingerprint density at radius 1 is 0.871 bits per heavy atom. The number of carbonyl (C=O) groups is 3. The molecule has 9 nitrogen and oxygen atoms in total. The fraction of sp³-hybridized carbons (Fsp3) is 0.136. The van der Waals surface area contributed by atoms with E-state index in [9.17, 15) is 14.4 Å². The monoisotopic (exact) mass is 423 g/mol. The van der Waals surface area contributed by atoms with Gasteiger partial charge in [-0.25, -0.2) is 4.79 Å². The van der Waals surface area contributed by atoms with Crippen molar-refractivity contribution in [3.63, 3.8) is 0 Å². The van der Waals surface area contributed by atoms with Gasteiger partial charge in [0.05, 0.1) is 38.3 Å². The zero-order chi connectivity index (χ0) is 22.1. The van der Waals surface area contributed by atoms with Crippen LogP contribution < -0.4 is 16.0 Å². The van der Waals surface area contributed by atoms with E-state index >= 15 is 0 Å². The summed E-state index contributed by atoms with van der Waals surface area (Å²) >= 11 is 0. The summed E-state index contributed by atoms with van der Waals surface area (Å²) in [5.74, 6) is -0.540. The third-order valence-electron chi connectivity index (χ3n) is 4.18. The van der Waals surface area contributed by atoms with Crippen molar-refractivity contribution in [2.75, 3.05) is 12.4 Å². The van der Waals surface area contributed by atoms with Gasteiger partial charge in [0, 0.05) is 11.9 Å². The average molecular weight is 423 g/mol. The Labute approximate surface area is 178 Å². The molecular weight excluding hydrogens is 402 g/mol. The number of amides is 2. The molecule has 0 bridgehead atoms. The van der Waals surface area contributed by atoms with Crippen LogP contribution in [0, 0.1) is 0 Å². The Kier molecular flexibility index (Phi) is 7.26. The van der Waals surface area contributed by atoms with Crippen molar-refractivity contribution in [2.24, 2.45) is 0 Å². The standard InChI is InChI=1S/C22H21N3O6/c1-29-22(28)15-6-8-16(9-7-15)23-14-19(20(26)24-12-17-4-2-10-30-17)21(27)25-13-18-5-3-11-31-18/h2-11,14,23H,12-13H2,1H3,(H,24,26)(H,25,27). The summed E-state index contributed by atoms with van der Waals surface area (Å²) in [4.78, 5) is 36.8. The van der Waals surface area contributed by atoms with Crippen molar-refractivity contribution in [1.82, 2.24) is 10.6 Å². The summed E-state index contributed by atoms with van der Waals surface area (Å²) < 4.78 is 15.0. The van der Waals surface area contributed by atoms with Crippen LogP contribution in [0.3, 0.4) is 0 Å². The average Bonchev–Trinajstić information content (AvgIpc) is 3.50. The second-order valence-electron chi connectivity index (χ2n) is 6.30.